The topological polar surface area (TPSA) is 225 Å². The fourth-order valence-corrected chi connectivity index (χ4v) is 5.31. The minimum atomic E-state index is -2.13. The van der Waals surface area contributed by atoms with Gasteiger partial charge < -0.3 is 44.7 Å². The van der Waals surface area contributed by atoms with E-state index >= 15 is 0 Å². The van der Waals surface area contributed by atoms with Gasteiger partial charge in [-0.1, -0.05) is 0 Å². The molecule has 0 aliphatic carbocycles. The lowest BCUT2D eigenvalue weighted by molar-refractivity contribution is -0.138. The van der Waals surface area contributed by atoms with Crippen LogP contribution in [0.2, 0.25) is 0 Å². The number of carbonyl (C=O) groups excluding carboxylic acids is 3. The molecule has 0 radical (unpaired) electrons. The summed E-state index contributed by atoms with van der Waals surface area (Å²) in [6, 6.07) is 8.46. The molecule has 61 heavy (non-hydrogen) atoms. The first-order valence-corrected chi connectivity index (χ1v) is 17.2. The van der Waals surface area contributed by atoms with Crippen molar-refractivity contribution >= 4 is 46.3 Å². The Morgan fingerprint density at radius 1 is 0.787 bits per heavy atom. The van der Waals surface area contributed by atoms with Crippen LogP contribution in [-0.2, 0) is 14.3 Å². The van der Waals surface area contributed by atoms with Crippen LogP contribution in [-0.4, -0.2) is 81.8 Å². The van der Waals surface area contributed by atoms with E-state index in [1.165, 1.54) is 54.8 Å². The average Bonchev–Trinajstić information content (AvgIpc) is 3.21. The molecule has 4 aromatic carbocycles. The van der Waals surface area contributed by atoms with Crippen molar-refractivity contribution in [1.82, 2.24) is 9.47 Å². The molecule has 5 aromatic rings. The molecule has 0 amide bonds. The standard InChI is InChI=1S/C19H11F2NO6.C14H13F4NO3.C7H7NO3/c1-2-27-19(26)10-7-22-12-4-3-8(18(24)25)5-13(12)28-17-14(21)11(20)6-9(15(17)22)16(10)23;1-4-22-14(21)8(6-19(2)3)13(20)7-5-9(15)11(17)12(18)10(7)16;8-5-2-1-4(7(10)11)3-6(5)9/h3-7H,2H2,1H3,(H,24,25);5-6H,4H2,1-3H3;1-3,9H,8H2,(H,10,11)/b;8-6-;. The molecule has 15 nitrogen and oxygen atoms in total. The molecule has 0 atom stereocenters. The summed E-state index contributed by atoms with van der Waals surface area (Å²) >= 11 is 0. The molecule has 0 saturated heterocycles. The Bertz CT molecular complexity index is 2720. The SMILES string of the molecule is CCOC(=O)/C(=C\N(C)C)C(=O)c1cc(F)c(F)c(F)c1F.CCOC(=O)c1cn2c3c(c(F)c(F)cc3c1=O)Oc1cc(C(=O)O)ccc1-2.Nc1ccc(C(=O)O)cc1O. The number of hydrogen-bond donors (Lipinski definition) is 4. The van der Waals surface area contributed by atoms with E-state index in [1.807, 2.05) is 0 Å². The van der Waals surface area contributed by atoms with E-state index in [0.717, 1.165) is 24.5 Å². The molecule has 21 heteroatoms. The number of aromatic hydroxyl groups is 1. The van der Waals surface area contributed by atoms with Crippen molar-refractivity contribution < 1.29 is 79.8 Å². The van der Waals surface area contributed by atoms with E-state index in [9.17, 15) is 55.1 Å². The zero-order chi connectivity index (χ0) is 45.6. The molecule has 1 aliphatic rings. The largest absolute Gasteiger partial charge is 0.506 e. The molecule has 5 N–H and O–H groups in total. The van der Waals surface area contributed by atoms with E-state index in [2.05, 4.69) is 4.74 Å². The summed E-state index contributed by atoms with van der Waals surface area (Å²) < 4.78 is 97.6. The number of carboxylic acids is 2. The van der Waals surface area contributed by atoms with Crippen LogP contribution < -0.4 is 15.9 Å². The summed E-state index contributed by atoms with van der Waals surface area (Å²) in [7, 11) is 2.93. The Balaban J connectivity index is 0.000000221. The zero-order valence-electron chi connectivity index (χ0n) is 31.9. The van der Waals surface area contributed by atoms with Crippen molar-refractivity contribution in [2.75, 3.05) is 33.0 Å². The molecular weight excluding hydrogens is 828 g/mol. The molecule has 320 valence electrons. The second-order valence-corrected chi connectivity index (χ2v) is 12.4. The van der Waals surface area contributed by atoms with E-state index in [4.69, 9.17) is 30.5 Å². The normalized spacial score (nSPS) is 11.1. The molecule has 1 aromatic heterocycles. The van der Waals surface area contributed by atoms with Crippen molar-refractivity contribution in [2.45, 2.75) is 13.8 Å². The minimum absolute atomic E-state index is 0.0149. The third-order valence-electron chi connectivity index (χ3n) is 8.06. The predicted molar refractivity (Wildman–Crippen MR) is 201 cm³/mol. The summed E-state index contributed by atoms with van der Waals surface area (Å²) in [6.07, 6.45) is 2.16. The van der Waals surface area contributed by atoms with Crippen molar-refractivity contribution in [1.29, 1.82) is 0 Å². The number of rotatable bonds is 9. The molecular formula is C40H31F6N3O12. The molecule has 0 spiro atoms. The van der Waals surface area contributed by atoms with Crippen LogP contribution >= 0.6 is 0 Å². The molecule has 0 saturated carbocycles. The molecule has 1 aliphatic heterocycles. The maximum Gasteiger partial charge on any atom is 0.343 e. The van der Waals surface area contributed by atoms with Gasteiger partial charge in [-0.2, -0.15) is 4.39 Å². The average molecular weight is 860 g/mol. The first kappa shape index (κ1) is 45.9. The van der Waals surface area contributed by atoms with E-state index in [0.29, 0.717) is 6.07 Å². The lowest BCUT2D eigenvalue weighted by Crippen LogP contribution is -2.22. The number of hydrogen-bond acceptors (Lipinski definition) is 12. The van der Waals surface area contributed by atoms with Gasteiger partial charge in [0.15, 0.2) is 40.6 Å². The van der Waals surface area contributed by atoms with Crippen molar-refractivity contribution in [3.8, 4) is 22.9 Å². The fraction of sp³-hybridized carbons (Fsp3) is 0.150. The Hall–Kier alpha value is -7.84. The van der Waals surface area contributed by atoms with Crippen LogP contribution in [0.5, 0.6) is 17.2 Å². The number of carboxylic acid groups (broad SMARTS) is 2. The minimum Gasteiger partial charge on any atom is -0.506 e. The predicted octanol–water partition coefficient (Wildman–Crippen LogP) is 6.36. The summed E-state index contributed by atoms with van der Waals surface area (Å²) in [4.78, 5) is 71.5. The number of carbonyl (C=O) groups is 5. The highest BCUT2D eigenvalue weighted by Gasteiger charge is 2.31. The fourth-order valence-electron chi connectivity index (χ4n) is 5.31. The number of ether oxygens (including phenoxy) is 3. The summed E-state index contributed by atoms with van der Waals surface area (Å²) in [5.74, 6) is -17.0. The lowest BCUT2D eigenvalue weighted by atomic mass is 10.0. The quantitative estimate of drug-likeness (QED) is 0.0119. The number of esters is 2. The first-order chi connectivity index (χ1) is 28.6. The number of nitrogens with two attached hydrogens (primary N) is 1. The second kappa shape index (κ2) is 18.8. The highest BCUT2D eigenvalue weighted by Crippen LogP contribution is 2.42. The number of nitrogens with zero attached hydrogens (tertiary/aromatic N) is 2. The number of Topliss-reactive ketones (excluding diaryl/α,β-unsaturated/α-hetero) is 1. The second-order valence-electron chi connectivity index (χ2n) is 12.4. The van der Waals surface area contributed by atoms with Crippen molar-refractivity contribution in [2.24, 2.45) is 0 Å². The third kappa shape index (κ3) is 9.73. The van der Waals surface area contributed by atoms with E-state index in [-0.39, 0.29) is 69.7 Å². The summed E-state index contributed by atoms with van der Waals surface area (Å²) in [5, 5.41) is 26.3. The number of phenols is 1. The van der Waals surface area contributed by atoms with E-state index < -0.39 is 86.9 Å². The van der Waals surface area contributed by atoms with Gasteiger partial charge in [-0.15, -0.1) is 0 Å². The monoisotopic (exact) mass is 859 g/mol. The molecule has 0 unspecified atom stereocenters. The van der Waals surface area contributed by atoms with Gasteiger partial charge in [0.1, 0.15) is 22.4 Å². The van der Waals surface area contributed by atoms with Crippen LogP contribution in [0.3, 0.4) is 0 Å². The number of benzene rings is 4. The number of fused-ring (bicyclic) bond motifs is 2. The maximum atomic E-state index is 14.4. The van der Waals surface area contributed by atoms with Gasteiger partial charge in [-0.25, -0.2) is 41.1 Å². The molecule has 0 fully saturated rings. The Kier molecular flexibility index (Phi) is 14.2. The molecule has 0 bridgehead atoms. The first-order valence-electron chi connectivity index (χ1n) is 17.2. The van der Waals surface area contributed by atoms with Gasteiger partial charge in [-0.05, 0) is 62.4 Å². The molecule has 6 rings (SSSR count). The van der Waals surface area contributed by atoms with Crippen LogP contribution in [0.15, 0.2) is 71.3 Å². The Morgan fingerprint density at radius 2 is 1.38 bits per heavy atom. The number of pyridine rings is 1. The van der Waals surface area contributed by atoms with Gasteiger partial charge in [0, 0.05) is 26.5 Å². The van der Waals surface area contributed by atoms with Crippen molar-refractivity contribution in [3.63, 3.8) is 0 Å². The summed E-state index contributed by atoms with van der Waals surface area (Å²) in [5.41, 5.74) is 2.53. The maximum absolute atomic E-state index is 14.4. The van der Waals surface area contributed by atoms with Gasteiger partial charge in [0.25, 0.3) is 0 Å². The number of halogens is 6. The van der Waals surface area contributed by atoms with Crippen molar-refractivity contribution in [3.05, 3.63) is 134 Å². The Labute approximate surface area is 339 Å². The highest BCUT2D eigenvalue weighted by atomic mass is 19.2. The number of phenolic OH excluding ortho intramolecular Hbond substituents is 1. The number of ketones is 1. The van der Waals surface area contributed by atoms with Gasteiger partial charge in [-0.3, -0.25) is 9.59 Å². The lowest BCUT2D eigenvalue weighted by Gasteiger charge is -2.24. The van der Waals surface area contributed by atoms with Crippen LogP contribution in [0.25, 0.3) is 16.6 Å². The highest BCUT2D eigenvalue weighted by molar-refractivity contribution is 6.24. The summed E-state index contributed by atoms with van der Waals surface area (Å²) in [6.45, 7) is 2.99. The van der Waals surface area contributed by atoms with Gasteiger partial charge in [0.05, 0.1) is 46.7 Å². The number of aromatic nitrogens is 1. The smallest absolute Gasteiger partial charge is 0.343 e. The van der Waals surface area contributed by atoms with Gasteiger partial charge >= 0.3 is 23.9 Å². The zero-order valence-corrected chi connectivity index (χ0v) is 31.9. The van der Waals surface area contributed by atoms with Gasteiger partial charge in [0.2, 0.25) is 17.0 Å². The number of aromatic carboxylic acids is 2. The van der Waals surface area contributed by atoms with Crippen LogP contribution in [0.4, 0.5) is 32.0 Å². The molecule has 2 heterocycles. The number of anilines is 1. The third-order valence-corrected chi connectivity index (χ3v) is 8.06. The van der Waals surface area contributed by atoms with E-state index in [1.54, 1.807) is 6.92 Å². The van der Waals surface area contributed by atoms with Crippen LogP contribution in [0, 0.1) is 34.9 Å². The van der Waals surface area contributed by atoms with Crippen LogP contribution in [0.1, 0.15) is 55.3 Å². The number of nitrogen functional groups attached to an aromatic ring is 1. The Morgan fingerprint density at radius 3 is 1.95 bits per heavy atom.